The Morgan fingerprint density at radius 1 is 1.53 bits per heavy atom. The monoisotopic (exact) mass is 328 g/mol. The summed E-state index contributed by atoms with van der Waals surface area (Å²) in [7, 11) is 0. The maximum absolute atomic E-state index is 11.7. The summed E-state index contributed by atoms with van der Waals surface area (Å²) < 4.78 is 0.527. The van der Waals surface area contributed by atoms with Crippen LogP contribution in [-0.2, 0) is 0 Å². The molecule has 1 atom stereocenters. The van der Waals surface area contributed by atoms with Gasteiger partial charge in [-0.3, -0.25) is 4.79 Å². The molecule has 0 aromatic carbocycles. The fourth-order valence-electron chi connectivity index (χ4n) is 2.49. The van der Waals surface area contributed by atoms with Gasteiger partial charge < -0.3 is 15.2 Å². The maximum Gasteiger partial charge on any atom is 0.267 e. The lowest BCUT2D eigenvalue weighted by Gasteiger charge is -2.31. The van der Waals surface area contributed by atoms with E-state index < -0.39 is 0 Å². The average molecular weight is 329 g/mol. The molecule has 1 aromatic rings. The van der Waals surface area contributed by atoms with E-state index in [1.54, 1.807) is 0 Å². The average Bonchev–Trinajstić information content (AvgIpc) is 2.43. The zero-order chi connectivity index (χ0) is 13.7. The number of anilines is 1. The summed E-state index contributed by atoms with van der Waals surface area (Å²) in [5.41, 5.74) is -0.122. The molecule has 1 aliphatic rings. The Labute approximate surface area is 121 Å². The minimum Gasteiger partial charge on any atom is -0.354 e. The molecule has 0 saturated carbocycles. The maximum atomic E-state index is 11.7. The number of aromatic amines is 1. The van der Waals surface area contributed by atoms with E-state index in [0.29, 0.717) is 10.5 Å². The van der Waals surface area contributed by atoms with Gasteiger partial charge in [-0.25, -0.2) is 4.98 Å². The molecular weight excluding hydrogens is 308 g/mol. The van der Waals surface area contributed by atoms with E-state index in [2.05, 4.69) is 43.0 Å². The number of rotatable bonds is 5. The molecule has 0 bridgehead atoms. The van der Waals surface area contributed by atoms with Crippen LogP contribution >= 0.6 is 15.9 Å². The first-order valence-electron chi connectivity index (χ1n) is 6.94. The molecule has 1 aromatic heterocycles. The fraction of sp³-hybridized carbons (Fsp3) is 0.692. The third kappa shape index (κ3) is 3.79. The van der Waals surface area contributed by atoms with Crippen LogP contribution in [0.4, 0.5) is 5.82 Å². The van der Waals surface area contributed by atoms with Crippen LogP contribution in [0, 0.1) is 0 Å². The van der Waals surface area contributed by atoms with E-state index in [4.69, 9.17) is 0 Å². The number of nitrogens with zero attached hydrogens (tertiary/aromatic N) is 2. The lowest BCUT2D eigenvalue weighted by Crippen LogP contribution is -2.44. The molecule has 2 rings (SSSR count). The van der Waals surface area contributed by atoms with Gasteiger partial charge in [0.05, 0.1) is 6.33 Å². The van der Waals surface area contributed by atoms with E-state index in [9.17, 15) is 4.79 Å². The van der Waals surface area contributed by atoms with Crippen LogP contribution in [-0.4, -0.2) is 35.6 Å². The van der Waals surface area contributed by atoms with E-state index in [-0.39, 0.29) is 5.56 Å². The summed E-state index contributed by atoms with van der Waals surface area (Å²) in [6.45, 7) is 5.05. The number of H-pyrrole nitrogens is 1. The molecule has 1 saturated heterocycles. The molecule has 6 heteroatoms. The molecule has 1 fully saturated rings. The third-order valence-electron chi connectivity index (χ3n) is 3.42. The Hall–Kier alpha value is -0.880. The first-order valence-corrected chi connectivity index (χ1v) is 7.73. The number of nitrogens with one attached hydrogen (secondary N) is 2. The topological polar surface area (TPSA) is 61.0 Å². The van der Waals surface area contributed by atoms with Gasteiger partial charge in [-0.2, -0.15) is 0 Å². The van der Waals surface area contributed by atoms with E-state index in [1.807, 2.05) is 0 Å². The molecule has 2 N–H and O–H groups in total. The molecule has 19 heavy (non-hydrogen) atoms. The van der Waals surface area contributed by atoms with Crippen molar-refractivity contribution < 1.29 is 0 Å². The highest BCUT2D eigenvalue weighted by atomic mass is 79.9. The van der Waals surface area contributed by atoms with Crippen molar-refractivity contribution in [2.24, 2.45) is 0 Å². The van der Waals surface area contributed by atoms with Crippen LogP contribution in [0.15, 0.2) is 15.6 Å². The molecule has 106 valence electrons. The summed E-state index contributed by atoms with van der Waals surface area (Å²) in [5.74, 6) is 0.748. The molecular formula is C13H21BrN4O. The third-order valence-corrected chi connectivity index (χ3v) is 4.14. The number of piperidine rings is 1. The molecule has 0 amide bonds. The Morgan fingerprint density at radius 2 is 2.37 bits per heavy atom. The Bertz CT molecular complexity index is 456. The molecule has 1 aliphatic heterocycles. The predicted octanol–water partition coefficient (Wildman–Crippen LogP) is 1.89. The molecule has 0 aliphatic carbocycles. The van der Waals surface area contributed by atoms with Gasteiger partial charge in [0, 0.05) is 19.1 Å². The molecule has 1 unspecified atom stereocenters. The van der Waals surface area contributed by atoms with Crippen molar-refractivity contribution in [3.8, 4) is 0 Å². The zero-order valence-corrected chi connectivity index (χ0v) is 12.9. The molecule has 2 heterocycles. The van der Waals surface area contributed by atoms with Crippen molar-refractivity contribution in [1.29, 1.82) is 0 Å². The van der Waals surface area contributed by atoms with Crippen molar-refractivity contribution in [3.05, 3.63) is 21.2 Å². The number of hydrogen-bond donors (Lipinski definition) is 2. The van der Waals surface area contributed by atoms with Gasteiger partial charge in [0.2, 0.25) is 0 Å². The van der Waals surface area contributed by atoms with Crippen LogP contribution in [0.5, 0.6) is 0 Å². The Kier molecular flexibility index (Phi) is 5.39. The Morgan fingerprint density at radius 3 is 3.05 bits per heavy atom. The smallest absolute Gasteiger partial charge is 0.267 e. The SMILES string of the molecule is CCCN(CC1CCCCN1)c1nc[nH]c(=O)c1Br. The highest BCUT2D eigenvalue weighted by molar-refractivity contribution is 9.10. The highest BCUT2D eigenvalue weighted by Crippen LogP contribution is 2.20. The lowest BCUT2D eigenvalue weighted by molar-refractivity contribution is 0.398. The highest BCUT2D eigenvalue weighted by Gasteiger charge is 2.19. The van der Waals surface area contributed by atoms with Crippen molar-refractivity contribution in [1.82, 2.24) is 15.3 Å². The van der Waals surface area contributed by atoms with Crippen LogP contribution in [0.1, 0.15) is 32.6 Å². The number of aromatic nitrogens is 2. The molecule has 0 radical (unpaired) electrons. The van der Waals surface area contributed by atoms with Gasteiger partial charge >= 0.3 is 0 Å². The summed E-state index contributed by atoms with van der Waals surface area (Å²) in [5, 5.41) is 3.54. The van der Waals surface area contributed by atoms with Crippen LogP contribution in [0.3, 0.4) is 0 Å². The van der Waals surface area contributed by atoms with Gasteiger partial charge in [0.1, 0.15) is 10.3 Å². The van der Waals surface area contributed by atoms with E-state index >= 15 is 0 Å². The molecule has 0 spiro atoms. The lowest BCUT2D eigenvalue weighted by atomic mass is 10.0. The van der Waals surface area contributed by atoms with E-state index in [1.165, 1.54) is 25.6 Å². The fourth-order valence-corrected chi connectivity index (χ4v) is 2.96. The van der Waals surface area contributed by atoms with Crippen molar-refractivity contribution in [2.75, 3.05) is 24.5 Å². The standard InChI is InChI=1S/C13H21BrN4O/c1-2-7-18(8-10-5-3-4-6-15-10)12-11(14)13(19)17-9-16-12/h9-10,15H,2-8H2,1H3,(H,16,17,19). The minimum atomic E-state index is -0.122. The first kappa shape index (κ1) is 14.5. The quantitative estimate of drug-likeness (QED) is 0.866. The normalized spacial score (nSPS) is 19.4. The van der Waals surface area contributed by atoms with Gasteiger partial charge in [-0.15, -0.1) is 0 Å². The summed E-state index contributed by atoms with van der Waals surface area (Å²) in [6, 6.07) is 0.494. The van der Waals surface area contributed by atoms with Crippen LogP contribution in [0.2, 0.25) is 0 Å². The number of hydrogen-bond acceptors (Lipinski definition) is 4. The van der Waals surface area contributed by atoms with Gasteiger partial charge in [-0.1, -0.05) is 13.3 Å². The van der Waals surface area contributed by atoms with Gasteiger partial charge in [-0.05, 0) is 41.7 Å². The summed E-state index contributed by atoms with van der Waals surface area (Å²) in [6.07, 6.45) is 6.24. The van der Waals surface area contributed by atoms with Gasteiger partial charge in [0.15, 0.2) is 0 Å². The molecule has 5 nitrogen and oxygen atoms in total. The largest absolute Gasteiger partial charge is 0.354 e. The van der Waals surface area contributed by atoms with Gasteiger partial charge in [0.25, 0.3) is 5.56 Å². The van der Waals surface area contributed by atoms with Crippen LogP contribution in [0.25, 0.3) is 0 Å². The predicted molar refractivity (Wildman–Crippen MR) is 80.7 cm³/mol. The van der Waals surface area contributed by atoms with Crippen LogP contribution < -0.4 is 15.8 Å². The van der Waals surface area contributed by atoms with Crippen molar-refractivity contribution >= 4 is 21.7 Å². The second-order valence-electron chi connectivity index (χ2n) is 4.96. The zero-order valence-electron chi connectivity index (χ0n) is 11.3. The second kappa shape index (κ2) is 7.05. The summed E-state index contributed by atoms with van der Waals surface area (Å²) in [4.78, 5) is 20.8. The second-order valence-corrected chi connectivity index (χ2v) is 5.76. The first-order chi connectivity index (χ1) is 9.22. The van der Waals surface area contributed by atoms with Crippen molar-refractivity contribution in [3.63, 3.8) is 0 Å². The summed E-state index contributed by atoms with van der Waals surface area (Å²) >= 11 is 3.35. The van der Waals surface area contributed by atoms with Crippen molar-refractivity contribution in [2.45, 2.75) is 38.6 Å². The number of halogens is 1. The minimum absolute atomic E-state index is 0.122. The Balaban J connectivity index is 2.14. The van der Waals surface area contributed by atoms with E-state index in [0.717, 1.165) is 31.9 Å².